The van der Waals surface area contributed by atoms with Crippen molar-refractivity contribution in [3.05, 3.63) is 0 Å². The molecule has 0 aromatic heterocycles. The highest BCUT2D eigenvalue weighted by atomic mass is 32.2. The first-order valence-electron chi connectivity index (χ1n) is 10.2. The van der Waals surface area contributed by atoms with Gasteiger partial charge in [-0.15, -0.1) is 0 Å². The molecule has 13 nitrogen and oxygen atoms in total. The van der Waals surface area contributed by atoms with Gasteiger partial charge in [0.25, 0.3) is 0 Å². The summed E-state index contributed by atoms with van der Waals surface area (Å²) in [5.41, 5.74) is 0. The van der Waals surface area contributed by atoms with Crippen LogP contribution >= 0.6 is 0 Å². The second-order valence-electron chi connectivity index (χ2n) is 8.50. The van der Waals surface area contributed by atoms with E-state index in [2.05, 4.69) is 0 Å². The minimum atomic E-state index is -3.60. The highest BCUT2D eigenvalue weighted by molar-refractivity contribution is 7.91. The molecule has 0 saturated carbocycles. The number of ether oxygens (including phenoxy) is 1. The molecule has 0 radical (unpaired) electrons. The fourth-order valence-electron chi connectivity index (χ4n) is 3.92. The van der Waals surface area contributed by atoms with Crippen LogP contribution in [0.25, 0.3) is 0 Å². The van der Waals surface area contributed by atoms with Crippen molar-refractivity contribution in [1.82, 2.24) is 18.4 Å². The number of sulfone groups is 2. The van der Waals surface area contributed by atoms with Gasteiger partial charge in [0, 0.05) is 64.9 Å². The zero-order chi connectivity index (χ0) is 25.2. The van der Waals surface area contributed by atoms with Crippen molar-refractivity contribution < 1.29 is 38.4 Å². The van der Waals surface area contributed by atoms with Crippen molar-refractivity contribution in [2.24, 2.45) is 0 Å². The average Bonchev–Trinajstić information content (AvgIpc) is 2.65. The molecule has 2 atom stereocenters. The summed E-state index contributed by atoms with van der Waals surface area (Å²) in [4.78, 5) is 3.24. The Labute approximate surface area is 197 Å². The SMILES string of the molecule is CS(=O)(=O)C(COCC(N1CCN(S(C)(=O)=O)CC1)S(C)(=O)=O)N1CCN(S(C)(=O)=O)CC1. The van der Waals surface area contributed by atoms with E-state index in [0.717, 1.165) is 25.0 Å². The first kappa shape index (κ1) is 28.8. The summed E-state index contributed by atoms with van der Waals surface area (Å²) in [7, 11) is -13.9. The highest BCUT2D eigenvalue weighted by Crippen LogP contribution is 2.17. The van der Waals surface area contributed by atoms with E-state index in [1.54, 1.807) is 9.80 Å². The molecule has 0 aromatic carbocycles. The van der Waals surface area contributed by atoms with Gasteiger partial charge in [0.1, 0.15) is 10.7 Å². The second-order valence-corrected chi connectivity index (χ2v) is 16.9. The maximum Gasteiger partial charge on any atom is 0.211 e. The van der Waals surface area contributed by atoms with Crippen molar-refractivity contribution in [1.29, 1.82) is 0 Å². The van der Waals surface area contributed by atoms with Crippen LogP contribution in [0.5, 0.6) is 0 Å². The highest BCUT2D eigenvalue weighted by Gasteiger charge is 2.36. The maximum absolute atomic E-state index is 12.4. The molecule has 17 heteroatoms. The van der Waals surface area contributed by atoms with Gasteiger partial charge < -0.3 is 4.74 Å². The van der Waals surface area contributed by atoms with Crippen LogP contribution < -0.4 is 0 Å². The number of hydrogen-bond donors (Lipinski definition) is 0. The molecule has 0 N–H and O–H groups in total. The van der Waals surface area contributed by atoms with E-state index in [1.165, 1.54) is 8.61 Å². The lowest BCUT2D eigenvalue weighted by Crippen LogP contribution is -2.56. The van der Waals surface area contributed by atoms with Gasteiger partial charge >= 0.3 is 0 Å². The molecule has 0 spiro atoms. The van der Waals surface area contributed by atoms with Crippen molar-refractivity contribution in [2.45, 2.75) is 10.7 Å². The molecule has 2 unspecified atom stereocenters. The van der Waals surface area contributed by atoms with E-state index in [4.69, 9.17) is 4.74 Å². The summed E-state index contributed by atoms with van der Waals surface area (Å²) in [5, 5.41) is -2.08. The predicted octanol–water partition coefficient (Wildman–Crippen LogP) is -3.10. The van der Waals surface area contributed by atoms with Gasteiger partial charge in [-0.1, -0.05) is 0 Å². The minimum absolute atomic E-state index is 0.154. The van der Waals surface area contributed by atoms with E-state index in [1.807, 2.05) is 0 Å². The summed E-state index contributed by atoms with van der Waals surface area (Å²) in [6, 6.07) is 0. The fourth-order valence-corrected chi connectivity index (χ4v) is 7.76. The lowest BCUT2D eigenvalue weighted by Gasteiger charge is -2.38. The predicted molar refractivity (Wildman–Crippen MR) is 124 cm³/mol. The van der Waals surface area contributed by atoms with Crippen molar-refractivity contribution in [2.75, 3.05) is 90.6 Å². The van der Waals surface area contributed by atoms with Crippen LogP contribution in [-0.4, -0.2) is 153 Å². The third kappa shape index (κ3) is 8.34. The van der Waals surface area contributed by atoms with Gasteiger partial charge in [0.15, 0.2) is 19.7 Å². The zero-order valence-electron chi connectivity index (χ0n) is 19.3. The Morgan fingerprint density at radius 3 is 1.03 bits per heavy atom. The Bertz CT molecular complexity index is 1000. The summed E-state index contributed by atoms with van der Waals surface area (Å²) in [5.74, 6) is 0. The lowest BCUT2D eigenvalue weighted by molar-refractivity contribution is 0.0455. The molecule has 2 heterocycles. The first-order chi connectivity index (χ1) is 14.9. The Hall–Kier alpha value is -0.400. The van der Waals surface area contributed by atoms with E-state index < -0.39 is 50.5 Å². The summed E-state index contributed by atoms with van der Waals surface area (Å²) in [6.45, 7) is 0.897. The molecule has 0 bridgehead atoms. The van der Waals surface area contributed by atoms with Crippen LogP contribution in [0.1, 0.15) is 0 Å². The average molecular weight is 555 g/mol. The number of rotatable bonds is 10. The Morgan fingerprint density at radius 2 is 0.818 bits per heavy atom. The van der Waals surface area contributed by atoms with Crippen molar-refractivity contribution in [3.63, 3.8) is 0 Å². The minimum Gasteiger partial charge on any atom is -0.376 e. The molecule has 196 valence electrons. The third-order valence-electron chi connectivity index (χ3n) is 5.81. The third-order valence-corrected chi connectivity index (χ3v) is 11.3. The zero-order valence-corrected chi connectivity index (χ0v) is 22.6. The molecule has 0 aliphatic carbocycles. The quantitative estimate of drug-likeness (QED) is 0.269. The monoisotopic (exact) mass is 554 g/mol. The molecule has 0 amide bonds. The van der Waals surface area contributed by atoms with E-state index >= 15 is 0 Å². The van der Waals surface area contributed by atoms with E-state index in [0.29, 0.717) is 0 Å². The van der Waals surface area contributed by atoms with Crippen LogP contribution in [0.15, 0.2) is 0 Å². The second kappa shape index (κ2) is 10.7. The molecule has 2 saturated heterocycles. The van der Waals surface area contributed by atoms with Crippen LogP contribution in [-0.2, 0) is 44.5 Å². The lowest BCUT2D eigenvalue weighted by atomic mass is 10.3. The number of sulfonamides is 2. The summed E-state index contributed by atoms with van der Waals surface area (Å²) >= 11 is 0. The van der Waals surface area contributed by atoms with Crippen LogP contribution in [0.3, 0.4) is 0 Å². The molecular weight excluding hydrogens is 520 g/mol. The molecule has 0 aromatic rings. The van der Waals surface area contributed by atoms with Crippen LogP contribution in [0, 0.1) is 0 Å². The van der Waals surface area contributed by atoms with Gasteiger partial charge in [-0.05, 0) is 0 Å². The molecule has 2 rings (SSSR count). The normalized spacial score (nSPS) is 23.4. The smallest absolute Gasteiger partial charge is 0.211 e. The first-order valence-corrected chi connectivity index (χ1v) is 17.8. The maximum atomic E-state index is 12.4. The molecule has 2 aliphatic heterocycles. The van der Waals surface area contributed by atoms with Gasteiger partial charge in [0.05, 0.1) is 25.7 Å². The Morgan fingerprint density at radius 1 is 0.545 bits per heavy atom. The molecule has 33 heavy (non-hydrogen) atoms. The van der Waals surface area contributed by atoms with E-state index in [9.17, 15) is 33.7 Å². The van der Waals surface area contributed by atoms with Gasteiger partial charge in [-0.2, -0.15) is 8.61 Å². The Balaban J connectivity index is 2.02. The largest absolute Gasteiger partial charge is 0.376 e. The number of hydrogen-bond acceptors (Lipinski definition) is 11. The fraction of sp³-hybridized carbons (Fsp3) is 1.00. The van der Waals surface area contributed by atoms with Crippen molar-refractivity contribution >= 4 is 39.7 Å². The topological polar surface area (TPSA) is 159 Å². The molecule has 2 fully saturated rings. The summed E-state index contributed by atoms with van der Waals surface area (Å²) < 4.78 is 104. The molecular formula is C16H34N4O9S4. The van der Waals surface area contributed by atoms with Crippen LogP contribution in [0.2, 0.25) is 0 Å². The van der Waals surface area contributed by atoms with E-state index in [-0.39, 0.29) is 65.6 Å². The number of piperazine rings is 2. The molecule has 2 aliphatic rings. The van der Waals surface area contributed by atoms with Crippen LogP contribution in [0.4, 0.5) is 0 Å². The Kier molecular flexibility index (Phi) is 9.34. The number of nitrogens with zero attached hydrogens (tertiary/aromatic N) is 4. The van der Waals surface area contributed by atoms with Crippen molar-refractivity contribution in [3.8, 4) is 0 Å². The van der Waals surface area contributed by atoms with Gasteiger partial charge in [-0.25, -0.2) is 33.7 Å². The summed E-state index contributed by atoms with van der Waals surface area (Å²) in [6.07, 6.45) is 4.31. The van der Waals surface area contributed by atoms with Gasteiger partial charge in [0.2, 0.25) is 20.0 Å². The van der Waals surface area contributed by atoms with Gasteiger partial charge in [-0.3, -0.25) is 9.80 Å². The standard InChI is InChI=1S/C16H34N4O9S4/c1-30(21,22)15(17-5-9-19(10-6-17)32(3,25)26)13-29-14-16(31(2,23)24)18-7-11-20(12-8-18)33(4,27)28/h15-16H,5-14H2,1-4H3.